The van der Waals surface area contributed by atoms with Gasteiger partial charge in [0, 0.05) is 5.56 Å². The number of amides is 1. The Bertz CT molecular complexity index is 913. The van der Waals surface area contributed by atoms with E-state index in [1.807, 2.05) is 41.8 Å². The molecule has 0 saturated carbocycles. The van der Waals surface area contributed by atoms with Crippen molar-refractivity contribution in [2.45, 2.75) is 31.6 Å². The quantitative estimate of drug-likeness (QED) is 0.631. The van der Waals surface area contributed by atoms with Crippen molar-refractivity contribution in [1.29, 1.82) is 0 Å². The standard InChI is InChI=1S/C20H21FN4OS/c1-14(17-10-6-7-11-18(17)21)22-19(26)13-27-20-24-23-15(2)25(20)12-16-8-4-3-5-9-16/h3-11,14H,12-13H2,1-2H3,(H,22,26)/t14-/m1/s1. The normalized spacial score (nSPS) is 12.0. The van der Waals surface area contributed by atoms with E-state index in [2.05, 4.69) is 15.5 Å². The van der Waals surface area contributed by atoms with Gasteiger partial charge < -0.3 is 9.88 Å². The van der Waals surface area contributed by atoms with Crippen LogP contribution < -0.4 is 5.32 Å². The number of carbonyl (C=O) groups excluding carboxylic acids is 1. The van der Waals surface area contributed by atoms with Crippen molar-refractivity contribution in [1.82, 2.24) is 20.1 Å². The van der Waals surface area contributed by atoms with Crippen molar-refractivity contribution in [3.05, 3.63) is 77.4 Å². The fourth-order valence-electron chi connectivity index (χ4n) is 2.73. The van der Waals surface area contributed by atoms with Gasteiger partial charge in [0.25, 0.3) is 0 Å². The van der Waals surface area contributed by atoms with Gasteiger partial charge in [0.1, 0.15) is 11.6 Å². The smallest absolute Gasteiger partial charge is 0.230 e. The Balaban J connectivity index is 1.60. The minimum atomic E-state index is -0.400. The van der Waals surface area contributed by atoms with Gasteiger partial charge in [-0.15, -0.1) is 10.2 Å². The molecule has 0 aliphatic rings. The molecule has 0 bridgehead atoms. The third kappa shape index (κ3) is 4.95. The Morgan fingerprint density at radius 2 is 1.85 bits per heavy atom. The highest BCUT2D eigenvalue weighted by Gasteiger charge is 2.15. The maximum absolute atomic E-state index is 13.8. The molecule has 0 aliphatic heterocycles. The summed E-state index contributed by atoms with van der Waals surface area (Å²) in [6, 6.07) is 16.1. The third-order valence-electron chi connectivity index (χ3n) is 4.17. The highest BCUT2D eigenvalue weighted by molar-refractivity contribution is 7.99. The molecular formula is C20H21FN4OS. The lowest BCUT2D eigenvalue weighted by Crippen LogP contribution is -2.28. The topological polar surface area (TPSA) is 59.8 Å². The number of thioether (sulfide) groups is 1. The Morgan fingerprint density at radius 1 is 1.15 bits per heavy atom. The van der Waals surface area contributed by atoms with E-state index in [-0.39, 0.29) is 17.5 Å². The summed E-state index contributed by atoms with van der Waals surface area (Å²) in [6.45, 7) is 4.30. The van der Waals surface area contributed by atoms with Crippen molar-refractivity contribution in [2.24, 2.45) is 0 Å². The lowest BCUT2D eigenvalue weighted by atomic mass is 10.1. The van der Waals surface area contributed by atoms with Crippen LogP contribution in [0.4, 0.5) is 4.39 Å². The predicted molar refractivity (Wildman–Crippen MR) is 104 cm³/mol. The van der Waals surface area contributed by atoms with Crippen LogP contribution >= 0.6 is 11.8 Å². The number of carbonyl (C=O) groups is 1. The van der Waals surface area contributed by atoms with Crippen LogP contribution in [0.15, 0.2) is 59.8 Å². The van der Waals surface area contributed by atoms with Gasteiger partial charge in [-0.05, 0) is 25.5 Å². The van der Waals surface area contributed by atoms with Gasteiger partial charge in [-0.2, -0.15) is 0 Å². The summed E-state index contributed by atoms with van der Waals surface area (Å²) in [6.07, 6.45) is 0. The number of hydrogen-bond donors (Lipinski definition) is 1. The SMILES string of the molecule is Cc1nnc(SCC(=O)N[C@H](C)c2ccccc2F)n1Cc1ccccc1. The number of nitrogens with zero attached hydrogens (tertiary/aromatic N) is 3. The minimum Gasteiger partial charge on any atom is -0.349 e. The van der Waals surface area contributed by atoms with Crippen LogP contribution in [-0.4, -0.2) is 26.4 Å². The molecule has 27 heavy (non-hydrogen) atoms. The third-order valence-corrected chi connectivity index (χ3v) is 5.13. The van der Waals surface area contributed by atoms with Crippen LogP contribution in [0, 0.1) is 12.7 Å². The molecule has 140 valence electrons. The summed E-state index contributed by atoms with van der Waals surface area (Å²) < 4.78 is 15.8. The first-order valence-electron chi connectivity index (χ1n) is 8.65. The summed E-state index contributed by atoms with van der Waals surface area (Å²) in [5, 5.41) is 11.8. The van der Waals surface area contributed by atoms with E-state index < -0.39 is 6.04 Å². The molecule has 1 N–H and O–H groups in total. The van der Waals surface area contributed by atoms with Crippen LogP contribution in [0.2, 0.25) is 0 Å². The van der Waals surface area contributed by atoms with Gasteiger partial charge >= 0.3 is 0 Å². The number of nitrogens with one attached hydrogen (secondary N) is 1. The second-order valence-electron chi connectivity index (χ2n) is 6.20. The first kappa shape index (κ1) is 19.1. The molecule has 1 atom stereocenters. The van der Waals surface area contributed by atoms with E-state index >= 15 is 0 Å². The van der Waals surface area contributed by atoms with Crippen LogP contribution in [-0.2, 0) is 11.3 Å². The Labute approximate surface area is 162 Å². The van der Waals surface area contributed by atoms with Gasteiger partial charge in [0.05, 0.1) is 18.3 Å². The van der Waals surface area contributed by atoms with E-state index in [9.17, 15) is 9.18 Å². The molecule has 0 fully saturated rings. The molecule has 5 nitrogen and oxygen atoms in total. The van der Waals surface area contributed by atoms with Crippen LogP contribution in [0.3, 0.4) is 0 Å². The van der Waals surface area contributed by atoms with Gasteiger partial charge in [-0.1, -0.05) is 60.3 Å². The Kier molecular flexibility index (Phi) is 6.24. The zero-order valence-electron chi connectivity index (χ0n) is 15.2. The molecular weight excluding hydrogens is 363 g/mol. The molecule has 2 aromatic carbocycles. The van der Waals surface area contributed by atoms with Gasteiger partial charge in [-0.3, -0.25) is 4.79 Å². The van der Waals surface area contributed by atoms with E-state index in [1.165, 1.54) is 17.8 Å². The molecule has 3 aromatic rings. The Morgan fingerprint density at radius 3 is 2.59 bits per heavy atom. The fourth-order valence-corrected chi connectivity index (χ4v) is 3.53. The summed E-state index contributed by atoms with van der Waals surface area (Å²) in [5.74, 6) is 0.478. The molecule has 7 heteroatoms. The molecule has 0 unspecified atom stereocenters. The molecule has 0 spiro atoms. The number of halogens is 1. The zero-order chi connectivity index (χ0) is 19.2. The van der Waals surface area contributed by atoms with E-state index in [0.717, 1.165) is 11.4 Å². The maximum Gasteiger partial charge on any atom is 0.230 e. The van der Waals surface area contributed by atoms with E-state index in [0.29, 0.717) is 17.3 Å². The maximum atomic E-state index is 13.8. The Hall–Kier alpha value is -2.67. The predicted octanol–water partition coefficient (Wildman–Crippen LogP) is 3.74. The minimum absolute atomic E-state index is 0.178. The van der Waals surface area contributed by atoms with Gasteiger partial charge in [0.2, 0.25) is 5.91 Å². The average molecular weight is 384 g/mol. The van der Waals surface area contributed by atoms with Crippen molar-refractivity contribution < 1.29 is 9.18 Å². The van der Waals surface area contributed by atoms with E-state index in [1.54, 1.807) is 25.1 Å². The second kappa shape index (κ2) is 8.81. The summed E-state index contributed by atoms with van der Waals surface area (Å²) in [4.78, 5) is 12.3. The number of aromatic nitrogens is 3. The molecule has 3 rings (SSSR count). The van der Waals surface area contributed by atoms with Gasteiger partial charge in [0.15, 0.2) is 5.16 Å². The van der Waals surface area contributed by atoms with Crippen LogP contribution in [0.1, 0.15) is 29.9 Å². The molecule has 0 radical (unpaired) electrons. The summed E-state index contributed by atoms with van der Waals surface area (Å²) >= 11 is 1.32. The lowest BCUT2D eigenvalue weighted by molar-refractivity contribution is -0.119. The highest BCUT2D eigenvalue weighted by atomic mass is 32.2. The van der Waals surface area contributed by atoms with Crippen molar-refractivity contribution in [3.8, 4) is 0 Å². The first-order chi connectivity index (χ1) is 13.0. The van der Waals surface area contributed by atoms with Crippen molar-refractivity contribution in [2.75, 3.05) is 5.75 Å². The highest BCUT2D eigenvalue weighted by Crippen LogP contribution is 2.20. The molecule has 0 saturated heterocycles. The molecule has 1 aromatic heterocycles. The summed E-state index contributed by atoms with van der Waals surface area (Å²) in [7, 11) is 0. The fraction of sp³-hybridized carbons (Fsp3) is 0.250. The molecule has 1 heterocycles. The largest absolute Gasteiger partial charge is 0.349 e. The summed E-state index contributed by atoms with van der Waals surface area (Å²) in [5.41, 5.74) is 1.61. The van der Waals surface area contributed by atoms with Crippen LogP contribution in [0.25, 0.3) is 0 Å². The monoisotopic (exact) mass is 384 g/mol. The first-order valence-corrected chi connectivity index (χ1v) is 9.63. The van der Waals surface area contributed by atoms with Crippen molar-refractivity contribution >= 4 is 17.7 Å². The van der Waals surface area contributed by atoms with Crippen molar-refractivity contribution in [3.63, 3.8) is 0 Å². The lowest BCUT2D eigenvalue weighted by Gasteiger charge is -2.15. The van der Waals surface area contributed by atoms with Gasteiger partial charge in [-0.25, -0.2) is 4.39 Å². The molecule has 1 amide bonds. The zero-order valence-corrected chi connectivity index (χ0v) is 16.0. The number of aryl methyl sites for hydroxylation is 1. The second-order valence-corrected chi connectivity index (χ2v) is 7.14. The number of hydrogen-bond acceptors (Lipinski definition) is 4. The average Bonchev–Trinajstić information content (AvgIpc) is 3.01. The van der Waals surface area contributed by atoms with Crippen LogP contribution in [0.5, 0.6) is 0 Å². The molecule has 0 aliphatic carbocycles. The number of benzene rings is 2. The number of rotatable bonds is 7. The van der Waals surface area contributed by atoms with E-state index in [4.69, 9.17) is 0 Å².